The van der Waals surface area contributed by atoms with Gasteiger partial charge in [-0.1, -0.05) is 51.1 Å². The first kappa shape index (κ1) is 20.9. The number of Topliss-reactive ketones (excluding diaryl/α,β-unsaturated/α-hetero) is 1. The van der Waals surface area contributed by atoms with Crippen molar-refractivity contribution in [1.29, 1.82) is 0 Å². The molecule has 7 heteroatoms. The number of nitrogens with one attached hydrogen (secondary N) is 1. The van der Waals surface area contributed by atoms with Gasteiger partial charge in [0.25, 0.3) is 0 Å². The number of aryl methyl sites for hydroxylation is 1. The Hall–Kier alpha value is -3.35. The van der Waals surface area contributed by atoms with E-state index in [1.54, 1.807) is 4.68 Å². The van der Waals surface area contributed by atoms with E-state index in [4.69, 9.17) is 0 Å². The number of halogens is 1. The second kappa shape index (κ2) is 8.41. The zero-order valence-electron chi connectivity index (χ0n) is 18.1. The lowest BCUT2D eigenvalue weighted by atomic mass is 9.78. The summed E-state index contributed by atoms with van der Waals surface area (Å²) in [6, 6.07) is 12.4. The fourth-order valence-electron chi connectivity index (χ4n) is 3.99. The third kappa shape index (κ3) is 4.00. The average molecular weight is 420 g/mol. The molecule has 2 atom stereocenters. The van der Waals surface area contributed by atoms with Crippen LogP contribution < -0.4 is 5.32 Å². The molecule has 0 amide bonds. The Morgan fingerprint density at radius 2 is 1.87 bits per heavy atom. The van der Waals surface area contributed by atoms with E-state index in [0.29, 0.717) is 16.8 Å². The van der Waals surface area contributed by atoms with Crippen LogP contribution in [0, 0.1) is 11.7 Å². The van der Waals surface area contributed by atoms with Crippen molar-refractivity contribution in [1.82, 2.24) is 14.8 Å². The number of carbonyl (C=O) groups excluding carboxylic acids is 1. The van der Waals surface area contributed by atoms with Gasteiger partial charge < -0.3 is 5.32 Å². The maximum atomic E-state index is 14.2. The molecule has 2 aliphatic heterocycles. The van der Waals surface area contributed by atoms with E-state index in [2.05, 4.69) is 41.2 Å². The largest absolute Gasteiger partial charge is 0.376 e. The molecule has 160 valence electrons. The Kier molecular flexibility index (Phi) is 5.67. The molecule has 0 fully saturated rings. The summed E-state index contributed by atoms with van der Waals surface area (Å²) >= 11 is 0. The van der Waals surface area contributed by atoms with Crippen LogP contribution in [0.1, 0.15) is 60.0 Å². The van der Waals surface area contributed by atoms with Crippen LogP contribution in [0.3, 0.4) is 0 Å². The fraction of sp³-hybridized carbons (Fsp3) is 0.333. The van der Waals surface area contributed by atoms with Crippen LogP contribution in [0.5, 0.6) is 0 Å². The molecule has 1 aromatic heterocycles. The summed E-state index contributed by atoms with van der Waals surface area (Å²) < 4.78 is 15.9. The summed E-state index contributed by atoms with van der Waals surface area (Å²) in [5, 5.41) is 7.64. The van der Waals surface area contributed by atoms with E-state index in [-0.39, 0.29) is 24.3 Å². The third-order valence-electron chi connectivity index (χ3n) is 5.17. The molecule has 2 aromatic carbocycles. The summed E-state index contributed by atoms with van der Waals surface area (Å²) in [4.78, 5) is 21.4. The minimum absolute atomic E-state index is 0.0150. The van der Waals surface area contributed by atoms with E-state index in [1.807, 2.05) is 37.4 Å². The summed E-state index contributed by atoms with van der Waals surface area (Å²) in [5.74, 6) is 0.719. The third-order valence-corrected chi connectivity index (χ3v) is 5.17. The SMILES string of the molecule is CC(C)C.Cn1ncnc1[C@H]1C2=NCC(=O)c3cc(F)cc(c32)N[C@@H]1c1ccccc1. The molecule has 3 heterocycles. The fourth-order valence-corrected chi connectivity index (χ4v) is 3.99. The summed E-state index contributed by atoms with van der Waals surface area (Å²) in [6.07, 6.45) is 1.51. The van der Waals surface area contributed by atoms with Crippen LogP contribution in [0.25, 0.3) is 0 Å². The van der Waals surface area contributed by atoms with Crippen LogP contribution in [-0.4, -0.2) is 32.8 Å². The monoisotopic (exact) mass is 419 g/mol. The topological polar surface area (TPSA) is 72.2 Å². The summed E-state index contributed by atoms with van der Waals surface area (Å²) in [7, 11) is 1.83. The second-order valence-corrected chi connectivity index (χ2v) is 8.48. The lowest BCUT2D eigenvalue weighted by Crippen LogP contribution is -2.37. The number of carbonyl (C=O) groups is 1. The van der Waals surface area contributed by atoms with Gasteiger partial charge in [-0.25, -0.2) is 9.37 Å². The van der Waals surface area contributed by atoms with Gasteiger partial charge in [0.15, 0.2) is 5.78 Å². The van der Waals surface area contributed by atoms with Gasteiger partial charge in [0, 0.05) is 23.9 Å². The molecule has 0 saturated carbocycles. The van der Waals surface area contributed by atoms with Crippen molar-refractivity contribution in [3.63, 3.8) is 0 Å². The standard InChI is InChI=1S/C20H16FN5O.C4H10/c1-26-20(23-10-24-26)17-18(11-5-3-2-4-6-11)25-14-8-12(21)7-13-15(27)9-22-19(17)16(13)14;1-4(2)3/h2-8,10,17-18,25H,9H2,1H3;4H,1-3H3/t17-,18-;/m1./s1. The molecule has 0 saturated heterocycles. The molecular formula is C24H26FN5O. The number of hydrogen-bond acceptors (Lipinski definition) is 5. The molecule has 2 aliphatic rings. The number of ketones is 1. The van der Waals surface area contributed by atoms with E-state index in [1.165, 1.54) is 18.5 Å². The zero-order chi connectivity index (χ0) is 22.1. The normalized spacial score (nSPS) is 19.2. The first-order chi connectivity index (χ1) is 14.9. The molecule has 0 unspecified atom stereocenters. The Morgan fingerprint density at radius 3 is 2.52 bits per heavy atom. The highest BCUT2D eigenvalue weighted by Gasteiger charge is 2.41. The van der Waals surface area contributed by atoms with Crippen LogP contribution in [0.2, 0.25) is 0 Å². The minimum atomic E-state index is -0.435. The average Bonchev–Trinajstić information content (AvgIpc) is 3.15. The number of aliphatic imine (C=N–C) groups is 1. The number of rotatable bonds is 2. The second-order valence-electron chi connectivity index (χ2n) is 8.48. The predicted octanol–water partition coefficient (Wildman–Crippen LogP) is 4.55. The first-order valence-electron chi connectivity index (χ1n) is 10.4. The minimum Gasteiger partial charge on any atom is -0.376 e. The smallest absolute Gasteiger partial charge is 0.185 e. The van der Waals surface area contributed by atoms with E-state index in [0.717, 1.165) is 23.0 Å². The van der Waals surface area contributed by atoms with Crippen molar-refractivity contribution in [3.8, 4) is 0 Å². The van der Waals surface area contributed by atoms with E-state index < -0.39 is 5.82 Å². The molecule has 5 rings (SSSR count). The quantitative estimate of drug-likeness (QED) is 0.661. The molecule has 0 aliphatic carbocycles. The highest BCUT2D eigenvalue weighted by molar-refractivity contribution is 6.21. The van der Waals surface area contributed by atoms with Crippen LogP contribution in [-0.2, 0) is 7.05 Å². The lowest BCUT2D eigenvalue weighted by Gasteiger charge is -2.37. The van der Waals surface area contributed by atoms with Gasteiger partial charge in [-0.05, 0) is 23.6 Å². The summed E-state index contributed by atoms with van der Waals surface area (Å²) in [6.45, 7) is 6.51. The Labute approximate surface area is 181 Å². The molecule has 3 aromatic rings. The van der Waals surface area contributed by atoms with Crippen molar-refractivity contribution >= 4 is 17.2 Å². The van der Waals surface area contributed by atoms with Crippen molar-refractivity contribution in [2.75, 3.05) is 11.9 Å². The molecule has 0 radical (unpaired) electrons. The van der Waals surface area contributed by atoms with Crippen LogP contribution >= 0.6 is 0 Å². The van der Waals surface area contributed by atoms with Gasteiger partial charge >= 0.3 is 0 Å². The van der Waals surface area contributed by atoms with Gasteiger partial charge in [0.05, 0.1) is 17.7 Å². The molecule has 0 spiro atoms. The Bertz CT molecular complexity index is 1130. The van der Waals surface area contributed by atoms with Gasteiger partial charge in [-0.2, -0.15) is 5.10 Å². The number of benzene rings is 2. The maximum absolute atomic E-state index is 14.2. The van der Waals surface area contributed by atoms with Gasteiger partial charge in [-0.15, -0.1) is 0 Å². The lowest BCUT2D eigenvalue weighted by molar-refractivity contribution is 0.0999. The van der Waals surface area contributed by atoms with Gasteiger partial charge in [0.1, 0.15) is 24.5 Å². The summed E-state index contributed by atoms with van der Waals surface area (Å²) in [5.41, 5.74) is 3.42. The molecule has 6 nitrogen and oxygen atoms in total. The molecule has 1 N–H and O–H groups in total. The number of hydrogen-bond donors (Lipinski definition) is 1. The van der Waals surface area contributed by atoms with Gasteiger partial charge in [-0.3, -0.25) is 14.5 Å². The number of aromatic nitrogens is 3. The van der Waals surface area contributed by atoms with Crippen molar-refractivity contribution in [2.24, 2.45) is 18.0 Å². The van der Waals surface area contributed by atoms with Crippen molar-refractivity contribution in [2.45, 2.75) is 32.7 Å². The van der Waals surface area contributed by atoms with E-state index >= 15 is 0 Å². The molecule has 0 bridgehead atoms. The molecular weight excluding hydrogens is 393 g/mol. The Balaban J connectivity index is 0.000000535. The van der Waals surface area contributed by atoms with Crippen LogP contribution in [0.4, 0.5) is 10.1 Å². The highest BCUT2D eigenvalue weighted by atomic mass is 19.1. The Morgan fingerprint density at radius 1 is 1.16 bits per heavy atom. The number of nitrogens with zero attached hydrogens (tertiary/aromatic N) is 4. The van der Waals surface area contributed by atoms with Crippen molar-refractivity contribution in [3.05, 3.63) is 77.1 Å². The first-order valence-corrected chi connectivity index (χ1v) is 10.4. The van der Waals surface area contributed by atoms with Crippen molar-refractivity contribution < 1.29 is 9.18 Å². The predicted molar refractivity (Wildman–Crippen MR) is 119 cm³/mol. The molecule has 31 heavy (non-hydrogen) atoms. The zero-order valence-corrected chi connectivity index (χ0v) is 18.1. The number of anilines is 1. The highest BCUT2D eigenvalue weighted by Crippen LogP contribution is 2.44. The van der Waals surface area contributed by atoms with Gasteiger partial charge in [0.2, 0.25) is 0 Å². The van der Waals surface area contributed by atoms with Crippen LogP contribution in [0.15, 0.2) is 53.8 Å². The maximum Gasteiger partial charge on any atom is 0.185 e. The van der Waals surface area contributed by atoms with E-state index in [9.17, 15) is 9.18 Å².